The fourth-order valence-electron chi connectivity index (χ4n) is 0.644. The van der Waals surface area contributed by atoms with E-state index in [1.54, 1.807) is 24.3 Å². The van der Waals surface area contributed by atoms with E-state index in [0.717, 1.165) is 11.4 Å². The molecule has 0 fully saturated rings. The molecule has 0 spiro atoms. The van der Waals surface area contributed by atoms with Gasteiger partial charge in [-0.05, 0) is 29.4 Å². The molecule has 0 bridgehead atoms. The van der Waals surface area contributed by atoms with Crippen LogP contribution in [0.3, 0.4) is 0 Å². The highest BCUT2D eigenvalue weighted by molar-refractivity contribution is 5.49. The number of nitrogens with zero attached hydrogens (tertiary/aromatic N) is 1. The molecule has 10 heavy (non-hydrogen) atoms. The average molecular weight is 137 g/mol. The fourth-order valence-corrected chi connectivity index (χ4v) is 0.644. The standard InChI is InChI=1S/C6H8N4/c7-9-5-1-2-6(10-8)4-3-5/h1-4,7,10H,8H2/p+1. The van der Waals surface area contributed by atoms with Crippen LogP contribution in [0.1, 0.15) is 0 Å². The van der Waals surface area contributed by atoms with Crippen molar-refractivity contribution >= 4 is 11.4 Å². The second kappa shape index (κ2) is 2.93. The van der Waals surface area contributed by atoms with Crippen molar-refractivity contribution in [1.82, 2.24) is 0 Å². The number of anilines is 1. The maximum absolute atomic E-state index is 5.13. The molecule has 0 unspecified atom stereocenters. The van der Waals surface area contributed by atoms with Gasteiger partial charge in [0.15, 0.2) is 0 Å². The van der Waals surface area contributed by atoms with Crippen molar-refractivity contribution in [2.45, 2.75) is 0 Å². The van der Waals surface area contributed by atoms with E-state index in [-0.39, 0.29) is 0 Å². The molecule has 0 aliphatic rings. The summed E-state index contributed by atoms with van der Waals surface area (Å²) in [4.78, 5) is 0. The number of benzene rings is 1. The summed E-state index contributed by atoms with van der Waals surface area (Å²) < 4.78 is 0. The molecule has 5 N–H and O–H groups in total. The summed E-state index contributed by atoms with van der Waals surface area (Å²) in [5.74, 6) is 5.13. The summed E-state index contributed by atoms with van der Waals surface area (Å²) >= 11 is 0. The Hall–Kier alpha value is -1.42. The highest BCUT2D eigenvalue weighted by Gasteiger charge is 1.89. The van der Waals surface area contributed by atoms with E-state index in [1.165, 1.54) is 0 Å². The largest absolute Gasteiger partial charge is 0.324 e. The van der Waals surface area contributed by atoms with Gasteiger partial charge in [0.05, 0.1) is 0 Å². The SMILES string of the molecule is NNc1ccc(N=[NH2+])cc1. The molecule has 52 valence electrons. The van der Waals surface area contributed by atoms with Gasteiger partial charge in [0, 0.05) is 5.69 Å². The van der Waals surface area contributed by atoms with Gasteiger partial charge >= 0.3 is 0 Å². The van der Waals surface area contributed by atoms with Crippen LogP contribution in [0.2, 0.25) is 0 Å². The Morgan fingerprint density at radius 3 is 2.30 bits per heavy atom. The summed E-state index contributed by atoms with van der Waals surface area (Å²) in [5, 5.41) is 3.48. The Morgan fingerprint density at radius 2 is 1.90 bits per heavy atom. The normalized spacial score (nSPS) is 8.90. The number of hydrazine groups is 1. The predicted octanol–water partition coefficient (Wildman–Crippen LogP) is -0.185. The van der Waals surface area contributed by atoms with Crippen LogP contribution in [0.25, 0.3) is 0 Å². The molecule has 0 aromatic heterocycles. The van der Waals surface area contributed by atoms with Crippen LogP contribution in [-0.2, 0) is 0 Å². The highest BCUT2D eigenvalue weighted by Crippen LogP contribution is 2.13. The van der Waals surface area contributed by atoms with Crippen molar-refractivity contribution < 1.29 is 5.53 Å². The van der Waals surface area contributed by atoms with E-state index >= 15 is 0 Å². The molecule has 0 radical (unpaired) electrons. The van der Waals surface area contributed by atoms with Crippen molar-refractivity contribution in [3.05, 3.63) is 24.3 Å². The molecule has 4 nitrogen and oxygen atoms in total. The zero-order valence-electron chi connectivity index (χ0n) is 5.41. The lowest BCUT2D eigenvalue weighted by Crippen LogP contribution is -2.21. The fraction of sp³-hybridized carbons (Fsp3) is 0. The molecule has 1 aromatic rings. The molecule has 1 aromatic carbocycles. The van der Waals surface area contributed by atoms with Gasteiger partial charge in [0.25, 0.3) is 0 Å². The Morgan fingerprint density at radius 1 is 1.30 bits per heavy atom. The van der Waals surface area contributed by atoms with Crippen molar-refractivity contribution in [3.8, 4) is 0 Å². The first-order chi connectivity index (χ1) is 4.86. The summed E-state index contributed by atoms with van der Waals surface area (Å²) in [7, 11) is 0. The molecular weight excluding hydrogens is 128 g/mol. The zero-order chi connectivity index (χ0) is 7.40. The third-order valence-electron chi connectivity index (χ3n) is 1.18. The number of hydrogen-bond acceptors (Lipinski definition) is 3. The number of nitrogens with one attached hydrogen (secondary N) is 1. The van der Waals surface area contributed by atoms with E-state index in [2.05, 4.69) is 10.5 Å². The summed E-state index contributed by atoms with van der Waals surface area (Å²) in [6.07, 6.45) is 0. The number of hydrogen-bond donors (Lipinski definition) is 3. The molecule has 4 heteroatoms. The monoisotopic (exact) mass is 137 g/mol. The van der Waals surface area contributed by atoms with Gasteiger partial charge in [-0.2, -0.15) is 5.53 Å². The smallest absolute Gasteiger partial charge is 0.130 e. The molecule has 0 heterocycles. The summed E-state index contributed by atoms with van der Waals surface area (Å²) in [5.41, 5.74) is 9.09. The predicted molar refractivity (Wildman–Crippen MR) is 38.3 cm³/mol. The molecule has 0 saturated heterocycles. The highest BCUT2D eigenvalue weighted by atomic mass is 15.2. The van der Waals surface area contributed by atoms with Crippen LogP contribution >= 0.6 is 0 Å². The lowest BCUT2D eigenvalue weighted by Gasteiger charge is -1.95. The third-order valence-corrected chi connectivity index (χ3v) is 1.18. The number of nitrogen functional groups attached to an aromatic ring is 1. The molecule has 0 atom stereocenters. The van der Waals surface area contributed by atoms with Gasteiger partial charge < -0.3 is 5.43 Å². The molecule has 0 saturated carbocycles. The van der Waals surface area contributed by atoms with Crippen LogP contribution in [0, 0.1) is 0 Å². The third kappa shape index (κ3) is 1.29. The second-order valence-corrected chi connectivity index (χ2v) is 1.82. The Labute approximate surface area is 58.5 Å². The van der Waals surface area contributed by atoms with E-state index in [1.807, 2.05) is 0 Å². The average Bonchev–Trinajstić information content (AvgIpc) is 2.05. The molecule has 1 rings (SSSR count). The number of rotatable bonds is 2. The Balaban J connectivity index is 2.90. The van der Waals surface area contributed by atoms with Crippen LogP contribution in [0.4, 0.5) is 11.4 Å². The minimum Gasteiger partial charge on any atom is -0.324 e. The molecule has 0 aliphatic heterocycles. The van der Waals surface area contributed by atoms with Gasteiger partial charge in [-0.25, -0.2) is 0 Å². The summed E-state index contributed by atoms with van der Waals surface area (Å²) in [6, 6.07) is 7.14. The lowest BCUT2D eigenvalue weighted by atomic mass is 10.3. The van der Waals surface area contributed by atoms with E-state index in [4.69, 9.17) is 11.4 Å². The minimum absolute atomic E-state index is 0.735. The van der Waals surface area contributed by atoms with Gasteiger partial charge in [0.1, 0.15) is 5.69 Å². The molecular formula is C6H9N4+. The van der Waals surface area contributed by atoms with E-state index in [9.17, 15) is 0 Å². The quantitative estimate of drug-likeness (QED) is 0.300. The van der Waals surface area contributed by atoms with Gasteiger partial charge in [-0.15, -0.1) is 0 Å². The van der Waals surface area contributed by atoms with Gasteiger partial charge in [-0.3, -0.25) is 5.84 Å². The van der Waals surface area contributed by atoms with E-state index in [0.29, 0.717) is 0 Å². The Kier molecular flexibility index (Phi) is 1.96. The maximum atomic E-state index is 5.13. The lowest BCUT2D eigenvalue weighted by molar-refractivity contribution is -0.210. The van der Waals surface area contributed by atoms with Crippen LogP contribution in [0.5, 0.6) is 0 Å². The second-order valence-electron chi connectivity index (χ2n) is 1.82. The van der Waals surface area contributed by atoms with Gasteiger partial charge in [0.2, 0.25) is 0 Å². The maximum Gasteiger partial charge on any atom is 0.130 e. The van der Waals surface area contributed by atoms with Crippen molar-refractivity contribution in [2.24, 2.45) is 11.0 Å². The zero-order valence-corrected chi connectivity index (χ0v) is 5.41. The van der Waals surface area contributed by atoms with E-state index < -0.39 is 0 Å². The molecule has 0 aliphatic carbocycles. The van der Waals surface area contributed by atoms with Crippen molar-refractivity contribution in [1.29, 1.82) is 0 Å². The van der Waals surface area contributed by atoms with Crippen LogP contribution < -0.4 is 16.8 Å². The van der Waals surface area contributed by atoms with Crippen molar-refractivity contribution in [3.63, 3.8) is 0 Å². The Bertz CT molecular complexity index is 216. The van der Waals surface area contributed by atoms with Crippen LogP contribution in [-0.4, -0.2) is 0 Å². The summed E-state index contributed by atoms with van der Waals surface area (Å²) in [6.45, 7) is 0. The minimum atomic E-state index is 0.735. The van der Waals surface area contributed by atoms with Gasteiger partial charge in [-0.1, -0.05) is 0 Å². The molecule has 0 amide bonds. The first-order valence-corrected chi connectivity index (χ1v) is 2.84. The van der Waals surface area contributed by atoms with Crippen molar-refractivity contribution in [2.75, 3.05) is 5.43 Å². The topological polar surface area (TPSA) is 76.0 Å². The first-order valence-electron chi connectivity index (χ1n) is 2.84. The van der Waals surface area contributed by atoms with Crippen LogP contribution in [0.15, 0.2) is 29.4 Å². The first kappa shape index (κ1) is 6.70. The number of nitrogens with two attached hydrogens (primary N) is 2.